The summed E-state index contributed by atoms with van der Waals surface area (Å²) in [5, 5.41) is 2.81. The van der Waals surface area contributed by atoms with Gasteiger partial charge in [0.2, 0.25) is 5.95 Å². The molecule has 0 saturated heterocycles. The number of fused-ring (bicyclic) bond motifs is 1. The second kappa shape index (κ2) is 8.30. The number of carbonyl (C=O) groups excluding carboxylic acids is 1. The van der Waals surface area contributed by atoms with Crippen molar-refractivity contribution in [2.24, 2.45) is 0 Å². The van der Waals surface area contributed by atoms with Gasteiger partial charge in [-0.05, 0) is 31.2 Å². The average Bonchev–Trinajstić information content (AvgIpc) is 2.99. The number of imidazole rings is 1. The first-order valence-electron chi connectivity index (χ1n) is 8.28. The molecule has 1 amide bonds. The number of anilines is 1. The molecule has 3 rings (SSSR count). The summed E-state index contributed by atoms with van der Waals surface area (Å²) in [5.41, 5.74) is 1.86. The van der Waals surface area contributed by atoms with Crippen molar-refractivity contribution in [2.75, 3.05) is 25.1 Å². The highest BCUT2D eigenvalue weighted by Crippen LogP contribution is 2.19. The first-order valence-corrected chi connectivity index (χ1v) is 8.28. The van der Waals surface area contributed by atoms with Gasteiger partial charge in [0.15, 0.2) is 0 Å². The van der Waals surface area contributed by atoms with Gasteiger partial charge in [-0.2, -0.15) is 0 Å². The fourth-order valence-electron chi connectivity index (χ4n) is 2.55. The van der Waals surface area contributed by atoms with Crippen molar-refractivity contribution in [1.29, 1.82) is 0 Å². The summed E-state index contributed by atoms with van der Waals surface area (Å²) in [5.74, 6) is 1.09. The van der Waals surface area contributed by atoms with E-state index in [1.807, 2.05) is 66.1 Å². The van der Waals surface area contributed by atoms with Crippen LogP contribution in [-0.2, 0) is 16.1 Å². The Balaban J connectivity index is 1.46. The molecule has 130 valence electrons. The van der Waals surface area contributed by atoms with E-state index in [1.54, 1.807) is 0 Å². The SMILES string of the molecule is CCn1c(NC(=O)COCCOc2ccccc2)nc2ccccc21. The largest absolute Gasteiger partial charge is 0.491 e. The summed E-state index contributed by atoms with van der Waals surface area (Å²) in [7, 11) is 0. The van der Waals surface area contributed by atoms with Gasteiger partial charge in [0, 0.05) is 6.54 Å². The Morgan fingerprint density at radius 3 is 2.64 bits per heavy atom. The van der Waals surface area contributed by atoms with E-state index in [1.165, 1.54) is 0 Å². The van der Waals surface area contributed by atoms with Crippen LogP contribution in [-0.4, -0.2) is 35.3 Å². The van der Waals surface area contributed by atoms with Crippen LogP contribution in [0.15, 0.2) is 54.6 Å². The van der Waals surface area contributed by atoms with Crippen molar-refractivity contribution in [2.45, 2.75) is 13.5 Å². The highest BCUT2D eigenvalue weighted by molar-refractivity contribution is 5.92. The van der Waals surface area contributed by atoms with Crippen LogP contribution in [0.5, 0.6) is 5.75 Å². The minimum Gasteiger partial charge on any atom is -0.491 e. The van der Waals surface area contributed by atoms with Gasteiger partial charge in [0.05, 0.1) is 17.6 Å². The summed E-state index contributed by atoms with van der Waals surface area (Å²) >= 11 is 0. The lowest BCUT2D eigenvalue weighted by Crippen LogP contribution is -2.22. The number of nitrogens with zero attached hydrogens (tertiary/aromatic N) is 2. The Kier molecular flexibility index (Phi) is 5.64. The Morgan fingerprint density at radius 2 is 1.84 bits per heavy atom. The van der Waals surface area contributed by atoms with Crippen molar-refractivity contribution in [3.8, 4) is 5.75 Å². The van der Waals surface area contributed by atoms with E-state index >= 15 is 0 Å². The first kappa shape index (κ1) is 17.0. The van der Waals surface area contributed by atoms with Crippen LogP contribution in [0.25, 0.3) is 11.0 Å². The molecule has 0 radical (unpaired) electrons. The zero-order valence-corrected chi connectivity index (χ0v) is 14.1. The molecule has 1 heterocycles. The third-order valence-electron chi connectivity index (χ3n) is 3.69. The molecule has 6 heteroatoms. The number of para-hydroxylation sites is 3. The summed E-state index contributed by atoms with van der Waals surface area (Å²) in [6.07, 6.45) is 0. The summed E-state index contributed by atoms with van der Waals surface area (Å²) in [6, 6.07) is 17.3. The fourth-order valence-corrected chi connectivity index (χ4v) is 2.55. The molecule has 25 heavy (non-hydrogen) atoms. The Labute approximate surface area is 146 Å². The van der Waals surface area contributed by atoms with Crippen molar-refractivity contribution in [3.63, 3.8) is 0 Å². The highest BCUT2D eigenvalue weighted by atomic mass is 16.5. The van der Waals surface area contributed by atoms with Gasteiger partial charge in [-0.15, -0.1) is 0 Å². The van der Waals surface area contributed by atoms with E-state index in [0.29, 0.717) is 19.2 Å². The smallest absolute Gasteiger partial charge is 0.252 e. The average molecular weight is 339 g/mol. The van der Waals surface area contributed by atoms with Gasteiger partial charge in [-0.25, -0.2) is 4.98 Å². The molecule has 1 N–H and O–H groups in total. The lowest BCUT2D eigenvalue weighted by molar-refractivity contribution is -0.120. The predicted molar refractivity (Wildman–Crippen MR) is 96.8 cm³/mol. The van der Waals surface area contributed by atoms with Gasteiger partial charge in [0.25, 0.3) is 5.91 Å². The van der Waals surface area contributed by atoms with Crippen LogP contribution >= 0.6 is 0 Å². The third-order valence-corrected chi connectivity index (χ3v) is 3.69. The number of hydrogen-bond donors (Lipinski definition) is 1. The van der Waals surface area contributed by atoms with Crippen molar-refractivity contribution >= 4 is 22.9 Å². The molecule has 0 spiro atoms. The van der Waals surface area contributed by atoms with Crippen LogP contribution in [0.3, 0.4) is 0 Å². The van der Waals surface area contributed by atoms with Crippen LogP contribution in [0.2, 0.25) is 0 Å². The quantitative estimate of drug-likeness (QED) is 0.641. The topological polar surface area (TPSA) is 65.4 Å². The molecular weight excluding hydrogens is 318 g/mol. The second-order valence-corrected chi connectivity index (χ2v) is 5.43. The van der Waals surface area contributed by atoms with Crippen LogP contribution in [0.4, 0.5) is 5.95 Å². The maximum absolute atomic E-state index is 12.1. The Bertz CT molecular complexity index is 830. The number of carbonyl (C=O) groups is 1. The molecule has 0 aliphatic rings. The normalized spacial score (nSPS) is 10.8. The van der Waals surface area contributed by atoms with Gasteiger partial charge in [0.1, 0.15) is 19.0 Å². The first-order chi connectivity index (χ1) is 12.3. The maximum atomic E-state index is 12.1. The van der Waals surface area contributed by atoms with Gasteiger partial charge in [-0.3, -0.25) is 10.1 Å². The third kappa shape index (κ3) is 4.36. The van der Waals surface area contributed by atoms with E-state index in [-0.39, 0.29) is 12.5 Å². The number of aromatic nitrogens is 2. The number of ether oxygens (including phenoxy) is 2. The van der Waals surface area contributed by atoms with E-state index in [9.17, 15) is 4.79 Å². The number of benzene rings is 2. The summed E-state index contributed by atoms with van der Waals surface area (Å²) < 4.78 is 12.8. The number of rotatable bonds is 8. The van der Waals surface area contributed by atoms with Gasteiger partial charge >= 0.3 is 0 Å². The van der Waals surface area contributed by atoms with Crippen molar-refractivity contribution < 1.29 is 14.3 Å². The Morgan fingerprint density at radius 1 is 1.08 bits per heavy atom. The van der Waals surface area contributed by atoms with Crippen molar-refractivity contribution in [3.05, 3.63) is 54.6 Å². The molecule has 0 aliphatic heterocycles. The lowest BCUT2D eigenvalue weighted by atomic mass is 10.3. The van der Waals surface area contributed by atoms with Gasteiger partial charge in [-0.1, -0.05) is 30.3 Å². The molecule has 0 saturated carbocycles. The second-order valence-electron chi connectivity index (χ2n) is 5.43. The van der Waals surface area contributed by atoms with Gasteiger partial charge < -0.3 is 14.0 Å². The standard InChI is InChI=1S/C19H21N3O3/c1-2-22-17-11-7-6-10-16(17)20-19(22)21-18(23)14-24-12-13-25-15-8-4-3-5-9-15/h3-11H,2,12-14H2,1H3,(H,20,21,23). The molecule has 0 bridgehead atoms. The number of aryl methyl sites for hydroxylation is 1. The Hall–Kier alpha value is -2.86. The summed E-state index contributed by atoms with van der Waals surface area (Å²) in [6.45, 7) is 3.44. The molecule has 1 aromatic heterocycles. The maximum Gasteiger partial charge on any atom is 0.252 e. The molecule has 0 atom stereocenters. The van der Waals surface area contributed by atoms with E-state index < -0.39 is 0 Å². The molecule has 0 fully saturated rings. The van der Waals surface area contributed by atoms with E-state index in [4.69, 9.17) is 9.47 Å². The van der Waals surface area contributed by atoms with Crippen LogP contribution in [0.1, 0.15) is 6.92 Å². The number of hydrogen-bond acceptors (Lipinski definition) is 4. The van der Waals surface area contributed by atoms with Crippen LogP contribution in [0, 0.1) is 0 Å². The molecule has 0 aliphatic carbocycles. The van der Waals surface area contributed by atoms with E-state index in [2.05, 4.69) is 10.3 Å². The molecule has 0 unspecified atom stereocenters. The zero-order chi connectivity index (χ0) is 17.5. The highest BCUT2D eigenvalue weighted by Gasteiger charge is 2.11. The molecular formula is C19H21N3O3. The minimum absolute atomic E-state index is 0.0366. The number of amides is 1. The molecule has 6 nitrogen and oxygen atoms in total. The monoisotopic (exact) mass is 339 g/mol. The van der Waals surface area contributed by atoms with Crippen molar-refractivity contribution in [1.82, 2.24) is 9.55 Å². The zero-order valence-electron chi connectivity index (χ0n) is 14.1. The summed E-state index contributed by atoms with van der Waals surface area (Å²) in [4.78, 5) is 16.5. The minimum atomic E-state index is -0.232. The fraction of sp³-hybridized carbons (Fsp3) is 0.263. The molecule has 3 aromatic rings. The van der Waals surface area contributed by atoms with E-state index in [0.717, 1.165) is 23.3 Å². The number of nitrogens with one attached hydrogen (secondary N) is 1. The predicted octanol–water partition coefficient (Wildman–Crippen LogP) is 3.09. The lowest BCUT2D eigenvalue weighted by Gasteiger charge is -2.09. The molecule has 2 aromatic carbocycles. The van der Waals surface area contributed by atoms with Crippen LogP contribution < -0.4 is 10.1 Å².